The van der Waals surface area contributed by atoms with Gasteiger partial charge in [-0.25, -0.2) is 9.97 Å². The maximum Gasteiger partial charge on any atom is 0.181 e. The van der Waals surface area contributed by atoms with Gasteiger partial charge in [-0.3, -0.25) is 5.10 Å². The Morgan fingerprint density at radius 3 is 3.00 bits per heavy atom. The van der Waals surface area contributed by atoms with Crippen molar-refractivity contribution in [2.45, 2.75) is 0 Å². The van der Waals surface area contributed by atoms with E-state index in [0.717, 1.165) is 16.9 Å². The van der Waals surface area contributed by atoms with Gasteiger partial charge in [0.05, 0.1) is 0 Å². The molecule has 3 aromatic rings. The highest BCUT2D eigenvalue weighted by molar-refractivity contribution is 5.88. The molecule has 0 aliphatic rings. The van der Waals surface area contributed by atoms with E-state index >= 15 is 0 Å². The molecule has 3 rings (SSSR count). The number of hydrogen-bond acceptors (Lipinski definition) is 3. The third-order valence-electron chi connectivity index (χ3n) is 2.06. The lowest BCUT2D eigenvalue weighted by atomic mass is 10.2. The first-order valence-electron chi connectivity index (χ1n) is 4.24. The zero-order valence-corrected chi connectivity index (χ0v) is 7.23. The molecular formula is C9H7N5. The Morgan fingerprint density at radius 1 is 1.14 bits per heavy atom. The van der Waals surface area contributed by atoms with Crippen LogP contribution in [0.5, 0.6) is 0 Å². The SMILES string of the molecule is c1cnc2n[nH]c(-c3ncc[nH]3)c2c1. The van der Waals surface area contributed by atoms with Crippen LogP contribution in [0.3, 0.4) is 0 Å². The van der Waals surface area contributed by atoms with Crippen LogP contribution in [-0.2, 0) is 0 Å². The summed E-state index contributed by atoms with van der Waals surface area (Å²) in [6, 6.07) is 3.84. The molecule has 3 heterocycles. The molecule has 3 aromatic heterocycles. The highest BCUT2D eigenvalue weighted by Gasteiger charge is 2.08. The molecule has 0 fully saturated rings. The second-order valence-corrected chi connectivity index (χ2v) is 2.91. The summed E-state index contributed by atoms with van der Waals surface area (Å²) in [6.45, 7) is 0. The van der Waals surface area contributed by atoms with E-state index in [9.17, 15) is 0 Å². The third kappa shape index (κ3) is 0.922. The van der Waals surface area contributed by atoms with Crippen LogP contribution >= 0.6 is 0 Å². The molecule has 0 bridgehead atoms. The van der Waals surface area contributed by atoms with Gasteiger partial charge in [0.1, 0.15) is 5.69 Å². The van der Waals surface area contributed by atoms with E-state index in [4.69, 9.17) is 0 Å². The number of aromatic amines is 2. The van der Waals surface area contributed by atoms with Crippen LogP contribution in [0.15, 0.2) is 30.7 Å². The topological polar surface area (TPSA) is 70.2 Å². The van der Waals surface area contributed by atoms with Gasteiger partial charge in [-0.05, 0) is 12.1 Å². The van der Waals surface area contributed by atoms with Crippen molar-refractivity contribution in [3.05, 3.63) is 30.7 Å². The molecule has 0 amide bonds. The minimum atomic E-state index is 0.707. The van der Waals surface area contributed by atoms with Gasteiger partial charge < -0.3 is 4.98 Å². The molecule has 0 atom stereocenters. The quantitative estimate of drug-likeness (QED) is 0.601. The summed E-state index contributed by atoms with van der Waals surface area (Å²) in [5.74, 6) is 0.778. The van der Waals surface area contributed by atoms with Crippen LogP contribution < -0.4 is 0 Å². The molecular weight excluding hydrogens is 178 g/mol. The fourth-order valence-corrected chi connectivity index (χ4v) is 1.43. The van der Waals surface area contributed by atoms with Crippen molar-refractivity contribution in [2.24, 2.45) is 0 Å². The molecule has 0 aromatic carbocycles. The number of nitrogens with zero attached hydrogens (tertiary/aromatic N) is 3. The molecule has 0 radical (unpaired) electrons. The smallest absolute Gasteiger partial charge is 0.181 e. The van der Waals surface area contributed by atoms with Crippen molar-refractivity contribution in [2.75, 3.05) is 0 Å². The third-order valence-corrected chi connectivity index (χ3v) is 2.06. The van der Waals surface area contributed by atoms with Crippen molar-refractivity contribution in [3.63, 3.8) is 0 Å². The molecule has 0 unspecified atom stereocenters. The number of aromatic nitrogens is 5. The van der Waals surface area contributed by atoms with E-state index in [0.29, 0.717) is 5.65 Å². The Balaban J connectivity index is 2.33. The van der Waals surface area contributed by atoms with E-state index in [2.05, 4.69) is 25.1 Å². The van der Waals surface area contributed by atoms with Gasteiger partial charge in [-0.15, -0.1) is 0 Å². The second-order valence-electron chi connectivity index (χ2n) is 2.91. The lowest BCUT2D eigenvalue weighted by Gasteiger charge is -1.90. The highest BCUT2D eigenvalue weighted by Crippen LogP contribution is 2.20. The Hall–Kier alpha value is -2.17. The predicted octanol–water partition coefficient (Wildman–Crippen LogP) is 1.35. The minimum Gasteiger partial charge on any atom is -0.343 e. The Kier molecular flexibility index (Phi) is 1.38. The largest absolute Gasteiger partial charge is 0.343 e. The molecule has 0 saturated heterocycles. The van der Waals surface area contributed by atoms with Gasteiger partial charge in [-0.2, -0.15) is 5.10 Å². The molecule has 0 saturated carbocycles. The first kappa shape index (κ1) is 7.25. The number of H-pyrrole nitrogens is 2. The summed E-state index contributed by atoms with van der Waals surface area (Å²) in [5, 5.41) is 7.96. The van der Waals surface area contributed by atoms with Crippen molar-refractivity contribution in [1.82, 2.24) is 25.1 Å². The fraction of sp³-hybridized carbons (Fsp3) is 0. The standard InChI is InChI=1S/C9H7N5/c1-2-6-7(9-11-4-5-12-9)13-14-8(6)10-3-1/h1-5H,(H,11,12)(H,10,13,14). The molecule has 5 heteroatoms. The monoisotopic (exact) mass is 185 g/mol. The lowest BCUT2D eigenvalue weighted by molar-refractivity contribution is 1.09. The maximum absolute atomic E-state index is 4.15. The summed E-state index contributed by atoms with van der Waals surface area (Å²) >= 11 is 0. The van der Waals surface area contributed by atoms with E-state index in [1.165, 1.54) is 0 Å². The van der Waals surface area contributed by atoms with Crippen LogP contribution in [0.4, 0.5) is 0 Å². The molecule has 0 aliphatic carbocycles. The van der Waals surface area contributed by atoms with Crippen LogP contribution in [0, 0.1) is 0 Å². The second kappa shape index (κ2) is 2.66. The van der Waals surface area contributed by atoms with Crippen LogP contribution in [0.2, 0.25) is 0 Å². The van der Waals surface area contributed by atoms with Crippen molar-refractivity contribution in [3.8, 4) is 11.5 Å². The van der Waals surface area contributed by atoms with E-state index in [1.807, 2.05) is 12.1 Å². The fourth-order valence-electron chi connectivity index (χ4n) is 1.43. The van der Waals surface area contributed by atoms with Gasteiger partial charge in [0, 0.05) is 24.0 Å². The minimum absolute atomic E-state index is 0.707. The average Bonchev–Trinajstić information content (AvgIpc) is 2.85. The number of imidazole rings is 1. The van der Waals surface area contributed by atoms with Crippen molar-refractivity contribution >= 4 is 11.0 Å². The molecule has 0 aliphatic heterocycles. The van der Waals surface area contributed by atoms with Crippen molar-refractivity contribution < 1.29 is 0 Å². The molecule has 0 spiro atoms. The maximum atomic E-state index is 4.15. The zero-order chi connectivity index (χ0) is 9.38. The summed E-state index contributed by atoms with van der Waals surface area (Å²) < 4.78 is 0. The molecule has 2 N–H and O–H groups in total. The summed E-state index contributed by atoms with van der Waals surface area (Å²) in [4.78, 5) is 11.3. The van der Waals surface area contributed by atoms with Gasteiger partial charge in [-0.1, -0.05) is 0 Å². The van der Waals surface area contributed by atoms with Gasteiger partial charge in [0.2, 0.25) is 0 Å². The zero-order valence-electron chi connectivity index (χ0n) is 7.23. The van der Waals surface area contributed by atoms with Crippen LogP contribution in [0.25, 0.3) is 22.6 Å². The van der Waals surface area contributed by atoms with Gasteiger partial charge in [0.15, 0.2) is 11.5 Å². The summed E-state index contributed by atoms with van der Waals surface area (Å²) in [6.07, 6.45) is 5.20. The number of pyridine rings is 1. The number of fused-ring (bicyclic) bond motifs is 1. The van der Waals surface area contributed by atoms with E-state index in [1.54, 1.807) is 18.6 Å². The lowest BCUT2D eigenvalue weighted by Crippen LogP contribution is -1.80. The summed E-state index contributed by atoms with van der Waals surface area (Å²) in [7, 11) is 0. The number of hydrogen-bond donors (Lipinski definition) is 2. The number of nitrogens with one attached hydrogen (secondary N) is 2. The molecule has 5 nitrogen and oxygen atoms in total. The van der Waals surface area contributed by atoms with Gasteiger partial charge >= 0.3 is 0 Å². The predicted molar refractivity (Wildman–Crippen MR) is 51.5 cm³/mol. The highest BCUT2D eigenvalue weighted by atomic mass is 15.2. The molecule has 14 heavy (non-hydrogen) atoms. The Labute approximate surface area is 79.2 Å². The van der Waals surface area contributed by atoms with Crippen molar-refractivity contribution in [1.29, 1.82) is 0 Å². The Bertz CT molecular complexity index is 551. The number of rotatable bonds is 1. The van der Waals surface area contributed by atoms with Gasteiger partial charge in [0.25, 0.3) is 0 Å². The van der Waals surface area contributed by atoms with E-state index in [-0.39, 0.29) is 0 Å². The van der Waals surface area contributed by atoms with Crippen LogP contribution in [-0.4, -0.2) is 25.1 Å². The average molecular weight is 185 g/mol. The summed E-state index contributed by atoms with van der Waals surface area (Å²) in [5.41, 5.74) is 1.58. The normalized spacial score (nSPS) is 10.9. The van der Waals surface area contributed by atoms with E-state index < -0.39 is 0 Å². The Morgan fingerprint density at radius 2 is 2.14 bits per heavy atom. The first-order valence-corrected chi connectivity index (χ1v) is 4.24. The van der Waals surface area contributed by atoms with Crippen LogP contribution in [0.1, 0.15) is 0 Å². The molecule has 68 valence electrons. The first-order chi connectivity index (χ1) is 6.95.